The number of rotatable bonds is 6. The quantitative estimate of drug-likeness (QED) is 0.446. The van der Waals surface area contributed by atoms with Crippen LogP contribution in [-0.2, 0) is 4.79 Å². The minimum absolute atomic E-state index is 0.104. The van der Waals surface area contributed by atoms with Gasteiger partial charge in [0.05, 0.1) is 0 Å². The Balaban J connectivity index is 3.46. The Labute approximate surface area is 74.3 Å². The number of carboxylic acid groups (broad SMARTS) is 1. The van der Waals surface area contributed by atoms with Gasteiger partial charge in [-0.05, 0) is 18.8 Å². The minimum Gasteiger partial charge on any atom is -0.550 e. The number of hydrogen-bond acceptors (Lipinski definition) is 2. The van der Waals surface area contributed by atoms with Crippen molar-refractivity contribution in [2.45, 2.75) is 39.5 Å². The van der Waals surface area contributed by atoms with Gasteiger partial charge in [0.25, 0.3) is 0 Å². The molecule has 0 spiro atoms. The molecule has 0 aliphatic rings. The molecule has 12 heavy (non-hydrogen) atoms. The Kier molecular flexibility index (Phi) is 6.44. The predicted octanol–water partition coefficient (Wildman–Crippen LogP) is 1.51. The molecule has 0 fully saturated rings. The molecular formula is C10H17O2-. The Hall–Kier alpha value is -0.790. The molecule has 70 valence electrons. The predicted molar refractivity (Wildman–Crippen MR) is 47.5 cm³/mol. The second kappa shape index (κ2) is 6.89. The normalized spacial score (nSPS) is 13.5. The molecule has 0 bridgehead atoms. The molecule has 0 radical (unpaired) electrons. The van der Waals surface area contributed by atoms with Crippen LogP contribution in [0.5, 0.6) is 0 Å². The van der Waals surface area contributed by atoms with Crippen LogP contribution in [0.3, 0.4) is 0 Å². The van der Waals surface area contributed by atoms with Crippen molar-refractivity contribution in [1.82, 2.24) is 0 Å². The van der Waals surface area contributed by atoms with Gasteiger partial charge in [0.1, 0.15) is 0 Å². The largest absolute Gasteiger partial charge is 0.550 e. The zero-order valence-electron chi connectivity index (χ0n) is 7.88. The fourth-order valence-corrected chi connectivity index (χ4v) is 0.981. The lowest BCUT2D eigenvalue weighted by Gasteiger charge is -2.05. The van der Waals surface area contributed by atoms with Crippen LogP contribution in [0.25, 0.3) is 0 Å². The van der Waals surface area contributed by atoms with Gasteiger partial charge in [-0.2, -0.15) is 0 Å². The lowest BCUT2D eigenvalue weighted by molar-refractivity contribution is -0.306. The average molecular weight is 169 g/mol. The minimum atomic E-state index is -0.970. The van der Waals surface area contributed by atoms with E-state index in [4.69, 9.17) is 0 Å². The fourth-order valence-electron chi connectivity index (χ4n) is 0.981. The van der Waals surface area contributed by atoms with Crippen molar-refractivity contribution in [2.75, 3.05) is 0 Å². The third-order valence-electron chi connectivity index (χ3n) is 1.68. The van der Waals surface area contributed by atoms with E-state index >= 15 is 0 Å². The van der Waals surface area contributed by atoms with Crippen molar-refractivity contribution < 1.29 is 9.90 Å². The van der Waals surface area contributed by atoms with Crippen molar-refractivity contribution in [1.29, 1.82) is 0 Å². The van der Waals surface area contributed by atoms with Gasteiger partial charge in [-0.1, -0.05) is 38.8 Å². The molecule has 0 aliphatic heterocycles. The third kappa shape index (κ3) is 7.32. The molecule has 0 aromatic carbocycles. The summed E-state index contributed by atoms with van der Waals surface area (Å²) in [7, 11) is 0. The molecule has 0 aromatic heterocycles. The SMILES string of the molecule is CCCCC=CC(C)CC(=O)[O-]. The van der Waals surface area contributed by atoms with E-state index in [1.165, 1.54) is 12.8 Å². The zero-order valence-corrected chi connectivity index (χ0v) is 7.88. The summed E-state index contributed by atoms with van der Waals surface area (Å²) < 4.78 is 0. The van der Waals surface area contributed by atoms with Crippen LogP contribution in [0.4, 0.5) is 0 Å². The number of carbonyl (C=O) groups excluding carboxylic acids is 1. The summed E-state index contributed by atoms with van der Waals surface area (Å²) in [5, 5.41) is 10.2. The van der Waals surface area contributed by atoms with Gasteiger partial charge >= 0.3 is 0 Å². The Bertz CT molecular complexity index is 150. The highest BCUT2D eigenvalue weighted by molar-refractivity contribution is 5.64. The molecule has 2 nitrogen and oxygen atoms in total. The summed E-state index contributed by atoms with van der Waals surface area (Å²) in [5.41, 5.74) is 0. The molecule has 0 aliphatic carbocycles. The smallest absolute Gasteiger partial charge is 0.0420 e. The lowest BCUT2D eigenvalue weighted by atomic mass is 10.1. The van der Waals surface area contributed by atoms with Crippen molar-refractivity contribution in [3.8, 4) is 0 Å². The molecule has 2 heteroatoms. The molecule has 0 heterocycles. The maximum absolute atomic E-state index is 10.2. The highest BCUT2D eigenvalue weighted by atomic mass is 16.4. The van der Waals surface area contributed by atoms with Gasteiger partial charge in [0.2, 0.25) is 0 Å². The molecule has 0 amide bonds. The van der Waals surface area contributed by atoms with E-state index in [0.29, 0.717) is 0 Å². The monoisotopic (exact) mass is 169 g/mol. The van der Waals surface area contributed by atoms with Crippen LogP contribution in [-0.4, -0.2) is 5.97 Å². The number of aliphatic carboxylic acids is 1. The number of hydrogen-bond donors (Lipinski definition) is 0. The van der Waals surface area contributed by atoms with Crippen LogP contribution in [0, 0.1) is 5.92 Å². The van der Waals surface area contributed by atoms with E-state index in [1.807, 2.05) is 13.0 Å². The first-order valence-corrected chi connectivity index (χ1v) is 4.53. The highest BCUT2D eigenvalue weighted by Crippen LogP contribution is 2.04. The summed E-state index contributed by atoms with van der Waals surface area (Å²) in [5.74, 6) is -0.866. The second-order valence-corrected chi connectivity index (χ2v) is 3.12. The molecule has 1 atom stereocenters. The van der Waals surface area contributed by atoms with Crippen LogP contribution in [0.2, 0.25) is 0 Å². The van der Waals surface area contributed by atoms with Gasteiger partial charge in [-0.15, -0.1) is 0 Å². The summed E-state index contributed by atoms with van der Waals surface area (Å²) in [6, 6.07) is 0. The van der Waals surface area contributed by atoms with Gasteiger partial charge in [0.15, 0.2) is 0 Å². The van der Waals surface area contributed by atoms with Gasteiger partial charge in [0, 0.05) is 5.97 Å². The molecule has 0 aromatic rings. The first-order valence-electron chi connectivity index (χ1n) is 4.53. The summed E-state index contributed by atoms with van der Waals surface area (Å²) in [6.07, 6.45) is 7.53. The van der Waals surface area contributed by atoms with E-state index in [-0.39, 0.29) is 12.3 Å². The third-order valence-corrected chi connectivity index (χ3v) is 1.68. The summed E-state index contributed by atoms with van der Waals surface area (Å²) in [4.78, 5) is 10.2. The second-order valence-electron chi connectivity index (χ2n) is 3.12. The topological polar surface area (TPSA) is 40.1 Å². The van der Waals surface area contributed by atoms with E-state index < -0.39 is 5.97 Å². The van der Waals surface area contributed by atoms with Crippen LogP contribution < -0.4 is 5.11 Å². The molecule has 0 saturated heterocycles. The number of carboxylic acids is 1. The molecule has 0 rings (SSSR count). The van der Waals surface area contributed by atoms with Gasteiger partial charge in [-0.3, -0.25) is 0 Å². The van der Waals surface area contributed by atoms with Gasteiger partial charge in [-0.25, -0.2) is 0 Å². The van der Waals surface area contributed by atoms with E-state index in [2.05, 4.69) is 13.0 Å². The van der Waals surface area contributed by atoms with Crippen LogP contribution in [0.15, 0.2) is 12.2 Å². The van der Waals surface area contributed by atoms with E-state index in [1.54, 1.807) is 0 Å². The molecular weight excluding hydrogens is 152 g/mol. The standard InChI is InChI=1S/C10H18O2/c1-3-4-5-6-7-9(2)8-10(11)12/h6-7,9H,3-5,8H2,1-2H3,(H,11,12)/p-1. The Morgan fingerprint density at radius 1 is 1.58 bits per heavy atom. The van der Waals surface area contributed by atoms with E-state index in [9.17, 15) is 9.90 Å². The van der Waals surface area contributed by atoms with E-state index in [0.717, 1.165) is 6.42 Å². The maximum atomic E-state index is 10.2. The van der Waals surface area contributed by atoms with Crippen LogP contribution in [0.1, 0.15) is 39.5 Å². The maximum Gasteiger partial charge on any atom is 0.0420 e. The highest BCUT2D eigenvalue weighted by Gasteiger charge is 1.95. The summed E-state index contributed by atoms with van der Waals surface area (Å²) in [6.45, 7) is 4.02. The Morgan fingerprint density at radius 3 is 2.75 bits per heavy atom. The number of unbranched alkanes of at least 4 members (excludes halogenated alkanes) is 2. The first kappa shape index (κ1) is 11.2. The lowest BCUT2D eigenvalue weighted by Crippen LogP contribution is -2.23. The summed E-state index contributed by atoms with van der Waals surface area (Å²) >= 11 is 0. The molecule has 0 saturated carbocycles. The van der Waals surface area contributed by atoms with Crippen molar-refractivity contribution in [2.24, 2.45) is 5.92 Å². The van der Waals surface area contributed by atoms with Crippen molar-refractivity contribution in [3.63, 3.8) is 0 Å². The molecule has 0 N–H and O–H groups in total. The first-order chi connectivity index (χ1) is 5.66. The number of carbonyl (C=O) groups is 1. The molecule has 1 unspecified atom stereocenters. The van der Waals surface area contributed by atoms with Crippen LogP contribution >= 0.6 is 0 Å². The zero-order chi connectivity index (χ0) is 9.40. The number of allylic oxidation sites excluding steroid dienone is 2. The Morgan fingerprint density at radius 2 is 2.25 bits per heavy atom. The van der Waals surface area contributed by atoms with Gasteiger partial charge < -0.3 is 9.90 Å². The van der Waals surface area contributed by atoms with Crippen molar-refractivity contribution >= 4 is 5.97 Å². The average Bonchev–Trinajstić information content (AvgIpc) is 1.97. The fraction of sp³-hybridized carbons (Fsp3) is 0.700. The van der Waals surface area contributed by atoms with Crippen molar-refractivity contribution in [3.05, 3.63) is 12.2 Å².